The summed E-state index contributed by atoms with van der Waals surface area (Å²) in [5.74, 6) is -0.583. The summed E-state index contributed by atoms with van der Waals surface area (Å²) >= 11 is 12.6. The zero-order valence-corrected chi connectivity index (χ0v) is 22.2. The Morgan fingerprint density at radius 2 is 1.71 bits per heavy atom. The van der Waals surface area contributed by atoms with Gasteiger partial charge in [0.25, 0.3) is 0 Å². The van der Waals surface area contributed by atoms with Gasteiger partial charge >= 0.3 is 0 Å². The number of benzene rings is 2. The van der Waals surface area contributed by atoms with Crippen LogP contribution in [0.4, 0.5) is 5.69 Å². The average Bonchev–Trinajstić information content (AvgIpc) is 2.77. The summed E-state index contributed by atoms with van der Waals surface area (Å²) in [5.41, 5.74) is 2.03. The Hall–Kier alpha value is -2.29. The van der Waals surface area contributed by atoms with Crippen molar-refractivity contribution in [3.05, 3.63) is 63.6 Å². The molecule has 0 spiro atoms. The van der Waals surface area contributed by atoms with Crippen LogP contribution in [0.2, 0.25) is 10.0 Å². The van der Waals surface area contributed by atoms with E-state index < -0.39 is 16.1 Å². The average molecular weight is 529 g/mol. The summed E-state index contributed by atoms with van der Waals surface area (Å²) in [6.07, 6.45) is 1.86. The highest BCUT2D eigenvalue weighted by molar-refractivity contribution is 7.92. The van der Waals surface area contributed by atoms with Crippen molar-refractivity contribution in [1.29, 1.82) is 0 Å². The molecular weight excluding hydrogens is 497 g/mol. The summed E-state index contributed by atoms with van der Waals surface area (Å²) in [4.78, 5) is 27.3. The van der Waals surface area contributed by atoms with Crippen LogP contribution in [0.3, 0.4) is 0 Å². The normalized spacial score (nSPS) is 12.2. The fourth-order valence-electron chi connectivity index (χ4n) is 3.73. The van der Waals surface area contributed by atoms with E-state index in [0.717, 1.165) is 11.8 Å². The molecule has 2 aromatic rings. The Bertz CT molecular complexity index is 1100. The maximum Gasteiger partial charge on any atom is 0.242 e. The van der Waals surface area contributed by atoms with Crippen molar-refractivity contribution in [1.82, 2.24) is 10.2 Å². The van der Waals surface area contributed by atoms with Gasteiger partial charge in [0.1, 0.15) is 6.04 Å². The number of aryl methyl sites for hydroxylation is 1. The Morgan fingerprint density at radius 1 is 1.09 bits per heavy atom. The number of anilines is 1. The van der Waals surface area contributed by atoms with Gasteiger partial charge in [-0.1, -0.05) is 48.3 Å². The highest BCUT2D eigenvalue weighted by Crippen LogP contribution is 2.27. The second-order valence-electron chi connectivity index (χ2n) is 8.04. The number of nitrogens with one attached hydrogen (secondary N) is 1. The van der Waals surface area contributed by atoms with Gasteiger partial charge in [0.05, 0.1) is 11.9 Å². The third-order valence-electron chi connectivity index (χ3n) is 5.46. The predicted molar refractivity (Wildman–Crippen MR) is 138 cm³/mol. The second-order valence-corrected chi connectivity index (χ2v) is 10.8. The summed E-state index contributed by atoms with van der Waals surface area (Å²) in [6, 6.07) is 11.5. The molecule has 0 aliphatic rings. The SMILES string of the molecule is CCC(C(=O)NC)N(Cc1c(Cl)cccc1Cl)C(=O)CCCN(c1cccc(C)c1)S(C)(=O)=O. The first-order valence-electron chi connectivity index (χ1n) is 11.0. The number of likely N-dealkylation sites (N-methyl/N-ethyl adjacent to an activating group) is 1. The number of amides is 2. The van der Waals surface area contributed by atoms with E-state index in [1.54, 1.807) is 36.4 Å². The van der Waals surface area contributed by atoms with Gasteiger partial charge in [0, 0.05) is 42.2 Å². The van der Waals surface area contributed by atoms with Gasteiger partial charge in [-0.3, -0.25) is 13.9 Å². The molecule has 186 valence electrons. The molecule has 0 heterocycles. The molecule has 2 aromatic carbocycles. The number of rotatable bonds is 11. The molecule has 0 aliphatic carbocycles. The summed E-state index contributed by atoms with van der Waals surface area (Å²) in [6.45, 7) is 3.90. The highest BCUT2D eigenvalue weighted by atomic mass is 35.5. The zero-order valence-electron chi connectivity index (χ0n) is 19.8. The lowest BCUT2D eigenvalue weighted by Crippen LogP contribution is -2.48. The molecule has 7 nitrogen and oxygen atoms in total. The van der Waals surface area contributed by atoms with Gasteiger partial charge in [-0.15, -0.1) is 0 Å². The van der Waals surface area contributed by atoms with E-state index in [1.807, 2.05) is 19.9 Å². The third-order valence-corrected chi connectivity index (χ3v) is 7.37. The lowest BCUT2D eigenvalue weighted by Gasteiger charge is -2.31. The Balaban J connectivity index is 2.24. The third kappa shape index (κ3) is 7.35. The monoisotopic (exact) mass is 527 g/mol. The molecule has 2 amide bonds. The maximum absolute atomic E-state index is 13.3. The number of hydrogen-bond donors (Lipinski definition) is 1. The first-order chi connectivity index (χ1) is 16.0. The van der Waals surface area contributed by atoms with Crippen molar-refractivity contribution in [2.45, 2.75) is 45.7 Å². The van der Waals surface area contributed by atoms with E-state index in [2.05, 4.69) is 5.32 Å². The van der Waals surface area contributed by atoms with E-state index in [0.29, 0.717) is 27.7 Å². The van der Waals surface area contributed by atoms with E-state index >= 15 is 0 Å². The number of hydrogen-bond acceptors (Lipinski definition) is 4. The van der Waals surface area contributed by atoms with Crippen LogP contribution in [0.5, 0.6) is 0 Å². The van der Waals surface area contributed by atoms with Crippen LogP contribution < -0.4 is 9.62 Å². The van der Waals surface area contributed by atoms with Crippen LogP contribution in [-0.4, -0.2) is 51.0 Å². The topological polar surface area (TPSA) is 86.8 Å². The molecule has 0 fully saturated rings. The Morgan fingerprint density at radius 3 is 2.24 bits per heavy atom. The van der Waals surface area contributed by atoms with E-state index in [1.165, 1.54) is 16.3 Å². The van der Waals surface area contributed by atoms with Gasteiger partial charge in [-0.2, -0.15) is 0 Å². The fraction of sp³-hybridized carbons (Fsp3) is 0.417. The lowest BCUT2D eigenvalue weighted by atomic mass is 10.1. The minimum Gasteiger partial charge on any atom is -0.357 e. The van der Waals surface area contributed by atoms with Crippen molar-refractivity contribution in [3.63, 3.8) is 0 Å². The molecule has 1 atom stereocenters. The van der Waals surface area contributed by atoms with Gasteiger partial charge in [0.15, 0.2) is 0 Å². The minimum atomic E-state index is -3.54. The molecule has 1 unspecified atom stereocenters. The van der Waals surface area contributed by atoms with Crippen LogP contribution in [0.15, 0.2) is 42.5 Å². The van der Waals surface area contributed by atoms with Crippen LogP contribution in [-0.2, 0) is 26.2 Å². The van der Waals surface area contributed by atoms with Crippen LogP contribution in [0.25, 0.3) is 0 Å². The van der Waals surface area contributed by atoms with Gasteiger partial charge in [-0.25, -0.2) is 8.42 Å². The standard InChI is InChI=1S/C24H31Cl2N3O4S/c1-5-22(24(31)27-3)28(16-19-20(25)11-7-12-21(19)26)23(30)13-8-14-29(34(4,32)33)18-10-6-9-17(2)15-18/h6-7,9-12,15,22H,5,8,13-14,16H2,1-4H3,(H,27,31). The number of nitrogens with zero attached hydrogens (tertiary/aromatic N) is 2. The van der Waals surface area contributed by atoms with Gasteiger partial charge in [0.2, 0.25) is 21.8 Å². The molecule has 0 radical (unpaired) electrons. The second kappa shape index (κ2) is 12.4. The van der Waals surface area contributed by atoms with Crippen LogP contribution in [0, 0.1) is 6.92 Å². The Kier molecular flexibility index (Phi) is 10.2. The molecule has 10 heteroatoms. The predicted octanol–water partition coefficient (Wildman–Crippen LogP) is 4.40. The molecule has 0 saturated heterocycles. The smallest absolute Gasteiger partial charge is 0.242 e. The maximum atomic E-state index is 13.3. The minimum absolute atomic E-state index is 0.0490. The molecule has 1 N–H and O–H groups in total. The molecule has 0 aliphatic heterocycles. The molecule has 0 saturated carbocycles. The zero-order chi connectivity index (χ0) is 25.5. The first kappa shape index (κ1) is 28.0. The summed E-state index contributed by atoms with van der Waals surface area (Å²) in [7, 11) is -2.03. The first-order valence-corrected chi connectivity index (χ1v) is 13.6. The largest absolute Gasteiger partial charge is 0.357 e. The quantitative estimate of drug-likeness (QED) is 0.469. The van der Waals surface area contributed by atoms with Crippen molar-refractivity contribution in [2.24, 2.45) is 0 Å². The number of sulfonamides is 1. The fourth-order valence-corrected chi connectivity index (χ4v) is 5.20. The summed E-state index contributed by atoms with van der Waals surface area (Å²) < 4.78 is 26.1. The van der Waals surface area contributed by atoms with Gasteiger partial charge < -0.3 is 10.2 Å². The number of halogens is 2. The lowest BCUT2D eigenvalue weighted by molar-refractivity contribution is -0.141. The molecular formula is C24H31Cl2N3O4S. The van der Waals surface area contributed by atoms with Crippen LogP contribution in [0.1, 0.15) is 37.3 Å². The molecule has 0 bridgehead atoms. The van der Waals surface area contributed by atoms with Crippen molar-refractivity contribution in [2.75, 3.05) is 24.2 Å². The van der Waals surface area contributed by atoms with E-state index in [9.17, 15) is 18.0 Å². The molecule has 0 aromatic heterocycles. The highest BCUT2D eigenvalue weighted by Gasteiger charge is 2.29. The van der Waals surface area contributed by atoms with Crippen molar-refractivity contribution in [3.8, 4) is 0 Å². The Labute approximate surface area is 212 Å². The van der Waals surface area contributed by atoms with E-state index in [4.69, 9.17) is 23.2 Å². The van der Waals surface area contributed by atoms with Crippen molar-refractivity contribution < 1.29 is 18.0 Å². The number of carbonyl (C=O) groups excluding carboxylic acids is 2. The molecule has 34 heavy (non-hydrogen) atoms. The van der Waals surface area contributed by atoms with E-state index in [-0.39, 0.29) is 37.7 Å². The van der Waals surface area contributed by atoms with Crippen LogP contribution >= 0.6 is 23.2 Å². The molecule has 2 rings (SSSR count). The van der Waals surface area contributed by atoms with Crippen molar-refractivity contribution >= 4 is 50.7 Å². The number of carbonyl (C=O) groups is 2. The van der Waals surface area contributed by atoms with Gasteiger partial charge in [-0.05, 0) is 49.6 Å². The summed E-state index contributed by atoms with van der Waals surface area (Å²) in [5, 5.41) is 3.41.